The van der Waals surface area contributed by atoms with E-state index in [1.165, 1.54) is 13.3 Å². The summed E-state index contributed by atoms with van der Waals surface area (Å²) in [5.41, 5.74) is 6.67. The zero-order chi connectivity index (χ0) is 10.6. The number of benzene rings is 1. The molecule has 0 heterocycles. The second-order valence-electron chi connectivity index (χ2n) is 2.66. The predicted octanol–water partition coefficient (Wildman–Crippen LogP) is 1.83. The van der Waals surface area contributed by atoms with Gasteiger partial charge in [-0.15, -0.1) is 0 Å². The number of rotatable bonds is 3. The molecule has 4 heteroatoms. The van der Waals surface area contributed by atoms with Gasteiger partial charge < -0.3 is 15.6 Å². The van der Waals surface area contributed by atoms with E-state index in [1.807, 2.05) is 0 Å². The number of nitrogen functional groups attached to an aromatic ring is 1. The minimum absolute atomic E-state index is 0.00292. The SMILES string of the molecule is C=N/C=C(\O)c1ccc(N)cc1OC. The molecule has 0 aliphatic rings. The van der Waals surface area contributed by atoms with E-state index in [2.05, 4.69) is 11.7 Å². The van der Waals surface area contributed by atoms with Crippen LogP contribution in [-0.4, -0.2) is 18.9 Å². The summed E-state index contributed by atoms with van der Waals surface area (Å²) in [6.07, 6.45) is 1.24. The van der Waals surface area contributed by atoms with E-state index in [4.69, 9.17) is 10.5 Å². The van der Waals surface area contributed by atoms with Crippen LogP contribution in [0.1, 0.15) is 5.56 Å². The van der Waals surface area contributed by atoms with Crippen molar-refractivity contribution < 1.29 is 9.84 Å². The fourth-order valence-corrected chi connectivity index (χ4v) is 1.08. The summed E-state index contributed by atoms with van der Waals surface area (Å²) in [4.78, 5) is 3.46. The minimum atomic E-state index is -0.00292. The Hall–Kier alpha value is -1.97. The summed E-state index contributed by atoms with van der Waals surface area (Å²) in [6, 6.07) is 4.96. The predicted molar refractivity (Wildman–Crippen MR) is 57.6 cm³/mol. The minimum Gasteiger partial charge on any atom is -0.506 e. The molecule has 14 heavy (non-hydrogen) atoms. The second-order valence-corrected chi connectivity index (χ2v) is 2.66. The Labute approximate surface area is 82.3 Å². The Morgan fingerprint density at radius 2 is 2.36 bits per heavy atom. The molecule has 0 radical (unpaired) electrons. The van der Waals surface area contributed by atoms with Crippen LogP contribution < -0.4 is 10.5 Å². The Bertz CT molecular complexity index is 372. The third-order valence-corrected chi connectivity index (χ3v) is 1.72. The van der Waals surface area contributed by atoms with Crippen LogP contribution in [-0.2, 0) is 0 Å². The maximum absolute atomic E-state index is 9.53. The molecule has 74 valence electrons. The van der Waals surface area contributed by atoms with Gasteiger partial charge in [-0.3, -0.25) is 4.99 Å². The average molecular weight is 192 g/mol. The molecule has 1 aromatic rings. The molecule has 0 unspecified atom stereocenters. The number of hydrogen-bond donors (Lipinski definition) is 2. The molecule has 0 bridgehead atoms. The molecule has 0 aliphatic carbocycles. The quantitative estimate of drug-likeness (QED) is 0.436. The summed E-state index contributed by atoms with van der Waals surface area (Å²) in [5.74, 6) is 0.499. The molecular formula is C10H12N2O2. The zero-order valence-electron chi connectivity index (χ0n) is 7.90. The zero-order valence-corrected chi connectivity index (χ0v) is 7.90. The lowest BCUT2D eigenvalue weighted by Crippen LogP contribution is -1.93. The van der Waals surface area contributed by atoms with E-state index in [0.29, 0.717) is 17.0 Å². The number of aliphatic hydroxyl groups is 1. The first kappa shape index (κ1) is 10.1. The van der Waals surface area contributed by atoms with Gasteiger partial charge >= 0.3 is 0 Å². The van der Waals surface area contributed by atoms with Crippen molar-refractivity contribution in [1.29, 1.82) is 0 Å². The third kappa shape index (κ3) is 2.04. The molecule has 0 fully saturated rings. The van der Waals surface area contributed by atoms with E-state index in [-0.39, 0.29) is 5.76 Å². The highest BCUT2D eigenvalue weighted by atomic mass is 16.5. The lowest BCUT2D eigenvalue weighted by atomic mass is 10.1. The molecular weight excluding hydrogens is 180 g/mol. The highest BCUT2D eigenvalue weighted by Crippen LogP contribution is 2.26. The number of aliphatic hydroxyl groups excluding tert-OH is 1. The van der Waals surface area contributed by atoms with Crippen LogP contribution in [0.3, 0.4) is 0 Å². The molecule has 3 N–H and O–H groups in total. The molecule has 0 atom stereocenters. The van der Waals surface area contributed by atoms with Crippen molar-refractivity contribution in [2.24, 2.45) is 4.99 Å². The van der Waals surface area contributed by atoms with Gasteiger partial charge in [-0.25, -0.2) is 0 Å². The standard InChI is InChI=1S/C10H12N2O2/c1-12-6-9(13)8-4-3-7(11)5-10(8)14-2/h3-6,13H,1,11H2,2H3/b9-6-. The van der Waals surface area contributed by atoms with Gasteiger partial charge in [-0.2, -0.15) is 0 Å². The van der Waals surface area contributed by atoms with Crippen molar-refractivity contribution in [1.82, 2.24) is 0 Å². The van der Waals surface area contributed by atoms with Gasteiger partial charge in [0.15, 0.2) is 0 Å². The fourth-order valence-electron chi connectivity index (χ4n) is 1.08. The molecule has 0 saturated carbocycles. The van der Waals surface area contributed by atoms with E-state index < -0.39 is 0 Å². The number of aliphatic imine (C=N–C) groups is 1. The van der Waals surface area contributed by atoms with Gasteiger partial charge in [0.1, 0.15) is 11.5 Å². The maximum Gasteiger partial charge on any atom is 0.144 e. The first-order valence-corrected chi connectivity index (χ1v) is 3.98. The molecule has 4 nitrogen and oxygen atoms in total. The van der Waals surface area contributed by atoms with Crippen LogP contribution in [0, 0.1) is 0 Å². The number of methoxy groups -OCH3 is 1. The Morgan fingerprint density at radius 1 is 1.64 bits per heavy atom. The molecule has 0 aromatic heterocycles. The molecule has 1 aromatic carbocycles. The Kier molecular flexibility index (Phi) is 3.12. The van der Waals surface area contributed by atoms with Gasteiger partial charge in [0, 0.05) is 11.8 Å². The second kappa shape index (κ2) is 4.32. The van der Waals surface area contributed by atoms with E-state index in [9.17, 15) is 5.11 Å². The summed E-state index contributed by atoms with van der Waals surface area (Å²) < 4.78 is 5.05. The number of nitrogens with zero attached hydrogens (tertiary/aromatic N) is 1. The highest BCUT2D eigenvalue weighted by Gasteiger charge is 2.06. The van der Waals surface area contributed by atoms with E-state index >= 15 is 0 Å². The first-order valence-electron chi connectivity index (χ1n) is 3.98. The van der Waals surface area contributed by atoms with Gasteiger partial charge in [0.2, 0.25) is 0 Å². The van der Waals surface area contributed by atoms with Crippen LogP contribution >= 0.6 is 0 Å². The normalized spacial score (nSPS) is 11.1. The Morgan fingerprint density at radius 3 is 2.93 bits per heavy atom. The topological polar surface area (TPSA) is 67.8 Å². The van der Waals surface area contributed by atoms with Crippen molar-refractivity contribution in [3.05, 3.63) is 30.0 Å². The van der Waals surface area contributed by atoms with Crippen LogP contribution in [0.4, 0.5) is 5.69 Å². The number of nitrogens with two attached hydrogens (primary N) is 1. The smallest absolute Gasteiger partial charge is 0.144 e. The molecule has 0 aliphatic heterocycles. The van der Waals surface area contributed by atoms with Crippen molar-refractivity contribution in [2.75, 3.05) is 12.8 Å². The van der Waals surface area contributed by atoms with E-state index in [0.717, 1.165) is 0 Å². The van der Waals surface area contributed by atoms with Crippen molar-refractivity contribution in [3.8, 4) is 5.75 Å². The maximum atomic E-state index is 9.53. The lowest BCUT2D eigenvalue weighted by molar-refractivity contribution is 0.408. The van der Waals surface area contributed by atoms with Crippen LogP contribution in [0.2, 0.25) is 0 Å². The van der Waals surface area contributed by atoms with Crippen molar-refractivity contribution in [2.45, 2.75) is 0 Å². The van der Waals surface area contributed by atoms with E-state index in [1.54, 1.807) is 18.2 Å². The van der Waals surface area contributed by atoms with Gasteiger partial charge in [-0.05, 0) is 18.9 Å². The average Bonchev–Trinajstić information content (AvgIpc) is 2.17. The first-order chi connectivity index (χ1) is 6.69. The molecule has 0 saturated heterocycles. The van der Waals surface area contributed by atoms with Gasteiger partial charge in [0.25, 0.3) is 0 Å². The number of hydrogen-bond acceptors (Lipinski definition) is 4. The fraction of sp³-hybridized carbons (Fsp3) is 0.100. The summed E-state index contributed by atoms with van der Waals surface area (Å²) >= 11 is 0. The van der Waals surface area contributed by atoms with Gasteiger partial charge in [0.05, 0.1) is 18.9 Å². The lowest BCUT2D eigenvalue weighted by Gasteiger charge is -2.07. The van der Waals surface area contributed by atoms with Crippen LogP contribution in [0.15, 0.2) is 29.4 Å². The largest absolute Gasteiger partial charge is 0.506 e. The van der Waals surface area contributed by atoms with Gasteiger partial charge in [-0.1, -0.05) is 0 Å². The van der Waals surface area contributed by atoms with Crippen molar-refractivity contribution >= 4 is 18.2 Å². The van der Waals surface area contributed by atoms with Crippen molar-refractivity contribution in [3.63, 3.8) is 0 Å². The Balaban J connectivity index is 3.20. The highest BCUT2D eigenvalue weighted by molar-refractivity contribution is 5.67. The van der Waals surface area contributed by atoms with Crippen LogP contribution in [0.25, 0.3) is 5.76 Å². The van der Waals surface area contributed by atoms with Crippen LogP contribution in [0.5, 0.6) is 5.75 Å². The third-order valence-electron chi connectivity index (χ3n) is 1.72. The number of anilines is 1. The molecule has 1 rings (SSSR count). The molecule has 0 spiro atoms. The summed E-state index contributed by atoms with van der Waals surface area (Å²) in [6.45, 7) is 3.25. The molecule has 0 amide bonds. The summed E-state index contributed by atoms with van der Waals surface area (Å²) in [5, 5.41) is 9.53. The summed E-state index contributed by atoms with van der Waals surface area (Å²) in [7, 11) is 1.51. The number of ether oxygens (including phenoxy) is 1. The monoisotopic (exact) mass is 192 g/mol.